The van der Waals surface area contributed by atoms with Gasteiger partial charge in [0.2, 0.25) is 0 Å². The van der Waals surface area contributed by atoms with Crippen molar-refractivity contribution in [3.05, 3.63) is 146 Å². The van der Waals surface area contributed by atoms with Crippen LogP contribution in [-0.2, 0) is 42.2 Å². The molecule has 78 heavy (non-hydrogen) atoms. The van der Waals surface area contributed by atoms with Gasteiger partial charge in [0.25, 0.3) is 0 Å². The summed E-state index contributed by atoms with van der Waals surface area (Å²) in [5, 5.41) is 9.81. The second-order valence-corrected chi connectivity index (χ2v) is 20.5. The summed E-state index contributed by atoms with van der Waals surface area (Å²) in [7, 11) is -4.78. The lowest BCUT2D eigenvalue weighted by molar-refractivity contribution is -0.161. The number of hydrogen-bond donors (Lipinski definition) is 2. The Hall–Kier alpha value is -4.64. The molecule has 0 aromatic carbocycles. The molecule has 0 aliphatic carbocycles. The number of aliphatic hydroxyl groups excluding tert-OH is 1. The number of ether oxygens (including phenoxy) is 3. The number of carbonyl (C=O) groups is 3. The highest BCUT2D eigenvalue weighted by atomic mass is 31.2. The van der Waals surface area contributed by atoms with Crippen LogP contribution in [0.5, 0.6) is 0 Å². The van der Waals surface area contributed by atoms with Gasteiger partial charge in [-0.2, -0.15) is 0 Å². The molecule has 0 bridgehead atoms. The summed E-state index contributed by atoms with van der Waals surface area (Å²) in [4.78, 5) is 48.6. The summed E-state index contributed by atoms with van der Waals surface area (Å²) >= 11 is 0. The third-order valence-electron chi connectivity index (χ3n) is 11.7. The lowest BCUT2D eigenvalue weighted by Crippen LogP contribution is -2.30. The standard InChI is InChI=1S/C66H105O11P/c1-4-7-10-13-16-19-22-25-27-29-31-33-35-38-40-43-46-49-52-55-64(68)73-59-63(77-66(70)57-54-51-48-45-42-39-36-34-32-30-28-26-23-20-17-14-11-8-5-2)61-75-78(71,72)74-60-62(58-67)76-65(69)56-53-50-47-44-41-37-24-21-18-15-12-9-6-3/h7-12,16-21,25-28,31-34,37,39,41-42,62-63,67H,4-6,13-15,22-24,29-30,35-36,38,40,43-61H2,1-3H3,(H,71,72)/b10-7-,11-8-,12-9-,19-16-,20-17-,21-18-,27-25-,28-26-,33-31-,34-32-,41-37-,42-39-. The number of rotatable bonds is 53. The molecule has 0 spiro atoms. The van der Waals surface area contributed by atoms with Gasteiger partial charge in [-0.05, 0) is 135 Å². The highest BCUT2D eigenvalue weighted by Crippen LogP contribution is 2.43. The molecule has 0 aromatic heterocycles. The van der Waals surface area contributed by atoms with Crippen LogP contribution in [0.15, 0.2) is 146 Å². The largest absolute Gasteiger partial charge is 0.472 e. The molecule has 2 N–H and O–H groups in total. The van der Waals surface area contributed by atoms with Gasteiger partial charge in [-0.1, -0.05) is 205 Å². The van der Waals surface area contributed by atoms with Crippen LogP contribution in [-0.4, -0.2) is 66.5 Å². The maximum Gasteiger partial charge on any atom is 0.472 e. The number of carbonyl (C=O) groups excluding carboxylic acids is 3. The Balaban J connectivity index is 4.86. The number of phosphoric ester groups is 1. The zero-order valence-electron chi connectivity index (χ0n) is 48.6. The Bertz CT molecular complexity index is 1860. The monoisotopic (exact) mass is 1100 g/mol. The number of phosphoric acid groups is 1. The van der Waals surface area contributed by atoms with E-state index in [1.165, 1.54) is 0 Å². The predicted octanol–water partition coefficient (Wildman–Crippen LogP) is 17.9. The van der Waals surface area contributed by atoms with Gasteiger partial charge >= 0.3 is 25.7 Å². The van der Waals surface area contributed by atoms with E-state index in [-0.39, 0.29) is 25.9 Å². The first-order valence-corrected chi connectivity index (χ1v) is 31.2. The highest BCUT2D eigenvalue weighted by molar-refractivity contribution is 7.47. The quantitative estimate of drug-likeness (QED) is 0.0197. The van der Waals surface area contributed by atoms with Crippen molar-refractivity contribution in [2.45, 2.75) is 226 Å². The highest BCUT2D eigenvalue weighted by Gasteiger charge is 2.28. The van der Waals surface area contributed by atoms with E-state index in [1.807, 2.05) is 0 Å². The van der Waals surface area contributed by atoms with E-state index < -0.39 is 57.8 Å². The maximum absolute atomic E-state index is 12.9. The van der Waals surface area contributed by atoms with E-state index in [0.717, 1.165) is 154 Å². The molecule has 11 nitrogen and oxygen atoms in total. The summed E-state index contributed by atoms with van der Waals surface area (Å²) in [5.74, 6) is -1.57. The molecular weight excluding hydrogens is 1000 g/mol. The molecule has 0 aliphatic rings. The number of unbranched alkanes of at least 4 members (excludes halogenated alkanes) is 12. The molecular formula is C66H105O11P. The molecule has 3 unspecified atom stereocenters. The average Bonchev–Trinajstić information content (AvgIpc) is 3.43. The first-order valence-electron chi connectivity index (χ1n) is 29.7. The normalized spacial score (nSPS) is 14.4. The summed E-state index contributed by atoms with van der Waals surface area (Å²) in [6.07, 6.45) is 75.2. The number of hydrogen-bond acceptors (Lipinski definition) is 10. The molecule has 440 valence electrons. The topological polar surface area (TPSA) is 155 Å². The summed E-state index contributed by atoms with van der Waals surface area (Å²) < 4.78 is 39.5. The van der Waals surface area contributed by atoms with Gasteiger partial charge in [-0.3, -0.25) is 23.4 Å². The Morgan fingerprint density at radius 1 is 0.359 bits per heavy atom. The fraction of sp³-hybridized carbons (Fsp3) is 0.591. The molecule has 0 saturated carbocycles. The zero-order valence-corrected chi connectivity index (χ0v) is 49.5. The van der Waals surface area contributed by atoms with Crippen LogP contribution in [0.2, 0.25) is 0 Å². The molecule has 3 atom stereocenters. The van der Waals surface area contributed by atoms with E-state index in [9.17, 15) is 28.9 Å². The van der Waals surface area contributed by atoms with Crippen molar-refractivity contribution in [1.82, 2.24) is 0 Å². The summed E-state index contributed by atoms with van der Waals surface area (Å²) in [6.45, 7) is 4.19. The van der Waals surface area contributed by atoms with Gasteiger partial charge in [-0.25, -0.2) is 4.57 Å². The van der Waals surface area contributed by atoms with Gasteiger partial charge in [0.1, 0.15) is 12.7 Å². The van der Waals surface area contributed by atoms with Crippen molar-refractivity contribution >= 4 is 25.7 Å². The number of esters is 3. The van der Waals surface area contributed by atoms with Gasteiger partial charge in [0.05, 0.1) is 19.8 Å². The Labute approximate surface area is 473 Å². The molecule has 0 aliphatic heterocycles. The first kappa shape index (κ1) is 73.4. The molecule has 0 fully saturated rings. The van der Waals surface area contributed by atoms with Crippen molar-refractivity contribution in [3.8, 4) is 0 Å². The van der Waals surface area contributed by atoms with Gasteiger partial charge < -0.3 is 24.2 Å². The van der Waals surface area contributed by atoms with E-state index in [0.29, 0.717) is 19.3 Å². The Kier molecular flexibility index (Phi) is 55.0. The van der Waals surface area contributed by atoms with Crippen LogP contribution in [0.3, 0.4) is 0 Å². The number of allylic oxidation sites excluding steroid dienone is 24. The summed E-state index contributed by atoms with van der Waals surface area (Å²) in [5.41, 5.74) is 0. The molecule has 12 heteroatoms. The minimum Gasteiger partial charge on any atom is -0.462 e. The van der Waals surface area contributed by atoms with Crippen molar-refractivity contribution in [2.75, 3.05) is 26.4 Å². The minimum absolute atomic E-state index is 0.114. The summed E-state index contributed by atoms with van der Waals surface area (Å²) in [6, 6.07) is 0. The zero-order chi connectivity index (χ0) is 56.9. The second-order valence-electron chi connectivity index (χ2n) is 19.0. The first-order chi connectivity index (χ1) is 38.2. The molecule has 0 radical (unpaired) electrons. The Morgan fingerprint density at radius 2 is 0.628 bits per heavy atom. The van der Waals surface area contributed by atoms with E-state index in [4.69, 9.17) is 23.3 Å². The van der Waals surface area contributed by atoms with Gasteiger partial charge in [0.15, 0.2) is 6.10 Å². The molecule has 0 amide bonds. The van der Waals surface area contributed by atoms with E-state index in [2.05, 4.69) is 167 Å². The maximum atomic E-state index is 12.9. The third-order valence-corrected chi connectivity index (χ3v) is 12.7. The van der Waals surface area contributed by atoms with Crippen molar-refractivity contribution < 1.29 is 52.2 Å². The van der Waals surface area contributed by atoms with Crippen molar-refractivity contribution in [2.24, 2.45) is 0 Å². The molecule has 0 saturated heterocycles. The fourth-order valence-corrected chi connectivity index (χ4v) is 8.11. The molecule has 0 heterocycles. The minimum atomic E-state index is -4.78. The van der Waals surface area contributed by atoms with Crippen molar-refractivity contribution in [1.29, 1.82) is 0 Å². The third kappa shape index (κ3) is 56.1. The molecule has 0 rings (SSSR count). The fourth-order valence-electron chi connectivity index (χ4n) is 7.33. The van der Waals surface area contributed by atoms with Crippen molar-refractivity contribution in [3.63, 3.8) is 0 Å². The van der Waals surface area contributed by atoms with E-state index >= 15 is 0 Å². The lowest BCUT2D eigenvalue weighted by Gasteiger charge is -2.21. The van der Waals surface area contributed by atoms with Crippen LogP contribution in [0.1, 0.15) is 213 Å². The van der Waals surface area contributed by atoms with Crippen LogP contribution in [0, 0.1) is 0 Å². The van der Waals surface area contributed by atoms with Gasteiger partial charge in [-0.15, -0.1) is 0 Å². The van der Waals surface area contributed by atoms with Crippen LogP contribution < -0.4 is 0 Å². The predicted molar refractivity (Wildman–Crippen MR) is 325 cm³/mol. The second kappa shape index (κ2) is 58.5. The Morgan fingerprint density at radius 3 is 0.974 bits per heavy atom. The SMILES string of the molecule is CC/C=C\C/C=C\C/C=C\C/C=C\C/C=C\CCCCCC(=O)OC(COC(=O)CCCCCCCC/C=C\C/C=C\C/C=C\C/C=C\CC)COP(=O)(O)OCC(CO)OC(=O)CCCCC/C=C\C/C=C\C/C=C\CC. The van der Waals surface area contributed by atoms with Crippen LogP contribution >= 0.6 is 7.82 Å². The van der Waals surface area contributed by atoms with Crippen LogP contribution in [0.4, 0.5) is 0 Å². The van der Waals surface area contributed by atoms with Gasteiger partial charge in [0, 0.05) is 19.3 Å². The molecule has 0 aromatic rings. The number of aliphatic hydroxyl groups is 1. The average molecular weight is 1110 g/mol. The van der Waals surface area contributed by atoms with Crippen LogP contribution in [0.25, 0.3) is 0 Å². The van der Waals surface area contributed by atoms with E-state index in [1.54, 1.807) is 0 Å². The smallest absolute Gasteiger partial charge is 0.462 e. The lowest BCUT2D eigenvalue weighted by atomic mass is 10.1.